The van der Waals surface area contributed by atoms with Gasteiger partial charge in [0.1, 0.15) is 0 Å². The highest BCUT2D eigenvalue weighted by atomic mass is 16.5. The number of likely N-dealkylation sites (tertiary alicyclic amines) is 1. The second kappa shape index (κ2) is 5.81. The number of hydrogen-bond donors (Lipinski definition) is 1. The van der Waals surface area contributed by atoms with Crippen LogP contribution in [-0.4, -0.2) is 37.5 Å². The lowest BCUT2D eigenvalue weighted by molar-refractivity contribution is -0.128. The van der Waals surface area contributed by atoms with Crippen LogP contribution in [0.3, 0.4) is 0 Å². The third-order valence-corrected chi connectivity index (χ3v) is 3.46. The van der Waals surface area contributed by atoms with E-state index >= 15 is 0 Å². The molecule has 1 atom stereocenters. The Bertz CT molecular complexity index is 530. The standard InChI is InChI=1S/C14H18N2O4/c1-19-11-5-3-4-9(13(11)20-2)7-16-8-10(14(15)18)6-12(16)17/h3-5,10H,6-8H2,1-2H3,(H2,15,18). The van der Waals surface area contributed by atoms with Gasteiger partial charge in [0.05, 0.1) is 20.1 Å². The van der Waals surface area contributed by atoms with E-state index in [0.29, 0.717) is 24.6 Å². The molecule has 1 aliphatic heterocycles. The molecule has 0 radical (unpaired) electrons. The van der Waals surface area contributed by atoms with Gasteiger partial charge in [-0.05, 0) is 6.07 Å². The smallest absolute Gasteiger partial charge is 0.223 e. The Morgan fingerprint density at radius 3 is 2.70 bits per heavy atom. The first-order valence-electron chi connectivity index (χ1n) is 6.33. The minimum atomic E-state index is -0.432. The molecule has 6 nitrogen and oxygen atoms in total. The minimum absolute atomic E-state index is 0.0707. The van der Waals surface area contributed by atoms with E-state index in [-0.39, 0.29) is 12.3 Å². The minimum Gasteiger partial charge on any atom is -0.493 e. The van der Waals surface area contributed by atoms with E-state index in [1.807, 2.05) is 12.1 Å². The third-order valence-electron chi connectivity index (χ3n) is 3.46. The van der Waals surface area contributed by atoms with E-state index in [4.69, 9.17) is 15.2 Å². The van der Waals surface area contributed by atoms with Gasteiger partial charge in [-0.15, -0.1) is 0 Å². The molecule has 0 saturated carbocycles. The van der Waals surface area contributed by atoms with Crippen LogP contribution < -0.4 is 15.2 Å². The Morgan fingerprint density at radius 2 is 2.15 bits per heavy atom. The number of carbonyl (C=O) groups is 2. The van der Waals surface area contributed by atoms with E-state index < -0.39 is 11.8 Å². The van der Waals surface area contributed by atoms with Crippen LogP contribution in [-0.2, 0) is 16.1 Å². The average molecular weight is 278 g/mol. The summed E-state index contributed by atoms with van der Waals surface area (Å²) in [5.74, 6) is 0.310. The Morgan fingerprint density at radius 1 is 1.40 bits per heavy atom. The first-order chi connectivity index (χ1) is 9.56. The summed E-state index contributed by atoms with van der Waals surface area (Å²) in [6, 6.07) is 5.50. The lowest BCUT2D eigenvalue weighted by Crippen LogP contribution is -2.28. The molecule has 1 saturated heterocycles. The van der Waals surface area contributed by atoms with Crippen molar-refractivity contribution < 1.29 is 19.1 Å². The number of nitrogens with two attached hydrogens (primary N) is 1. The molecule has 2 amide bonds. The molecule has 0 spiro atoms. The Hall–Kier alpha value is -2.24. The van der Waals surface area contributed by atoms with Crippen molar-refractivity contribution >= 4 is 11.8 Å². The number of benzene rings is 1. The van der Waals surface area contributed by atoms with Crippen molar-refractivity contribution in [2.75, 3.05) is 20.8 Å². The molecule has 1 aromatic carbocycles. The van der Waals surface area contributed by atoms with E-state index in [2.05, 4.69) is 0 Å². The largest absolute Gasteiger partial charge is 0.493 e. The van der Waals surface area contributed by atoms with Gasteiger partial charge in [0.25, 0.3) is 0 Å². The van der Waals surface area contributed by atoms with Gasteiger partial charge in [-0.1, -0.05) is 12.1 Å². The molecule has 6 heteroatoms. The van der Waals surface area contributed by atoms with Gasteiger partial charge in [0.15, 0.2) is 11.5 Å². The molecule has 20 heavy (non-hydrogen) atoms. The summed E-state index contributed by atoms with van der Waals surface area (Å²) >= 11 is 0. The van der Waals surface area contributed by atoms with Crippen molar-refractivity contribution in [2.24, 2.45) is 11.7 Å². The van der Waals surface area contributed by atoms with Gasteiger partial charge in [-0.2, -0.15) is 0 Å². The van der Waals surface area contributed by atoms with Crippen LogP contribution in [0.4, 0.5) is 0 Å². The van der Waals surface area contributed by atoms with Gasteiger partial charge in [-0.25, -0.2) is 0 Å². The van der Waals surface area contributed by atoms with Crippen LogP contribution in [0.5, 0.6) is 11.5 Å². The van der Waals surface area contributed by atoms with Crippen LogP contribution in [0.1, 0.15) is 12.0 Å². The van der Waals surface area contributed by atoms with Crippen molar-refractivity contribution in [3.05, 3.63) is 23.8 Å². The van der Waals surface area contributed by atoms with Crippen LogP contribution in [0, 0.1) is 5.92 Å². The molecular weight excluding hydrogens is 260 g/mol. The number of para-hydroxylation sites is 1. The van der Waals surface area contributed by atoms with E-state index in [0.717, 1.165) is 5.56 Å². The number of carbonyl (C=O) groups excluding carboxylic acids is 2. The predicted molar refractivity (Wildman–Crippen MR) is 72.3 cm³/mol. The van der Waals surface area contributed by atoms with Gasteiger partial charge >= 0.3 is 0 Å². The van der Waals surface area contributed by atoms with Crippen LogP contribution in [0.2, 0.25) is 0 Å². The number of ether oxygens (including phenoxy) is 2. The van der Waals surface area contributed by atoms with Gasteiger partial charge in [0, 0.05) is 25.1 Å². The number of hydrogen-bond acceptors (Lipinski definition) is 4. The number of primary amides is 1. The summed E-state index contributed by atoms with van der Waals surface area (Å²) < 4.78 is 10.6. The lowest BCUT2D eigenvalue weighted by Gasteiger charge is -2.19. The van der Waals surface area contributed by atoms with Gasteiger partial charge < -0.3 is 20.1 Å². The van der Waals surface area contributed by atoms with Crippen molar-refractivity contribution in [1.29, 1.82) is 0 Å². The molecule has 1 fully saturated rings. The Labute approximate surface area is 117 Å². The zero-order valence-electron chi connectivity index (χ0n) is 11.6. The van der Waals surface area contributed by atoms with Crippen LogP contribution in [0.25, 0.3) is 0 Å². The lowest BCUT2D eigenvalue weighted by atomic mass is 10.1. The molecule has 1 unspecified atom stereocenters. The number of methoxy groups -OCH3 is 2. The molecule has 2 N–H and O–H groups in total. The summed E-state index contributed by atoms with van der Waals surface area (Å²) in [6.45, 7) is 0.734. The Kier molecular flexibility index (Phi) is 4.12. The molecule has 108 valence electrons. The zero-order chi connectivity index (χ0) is 14.7. The molecular formula is C14H18N2O4. The summed E-state index contributed by atoms with van der Waals surface area (Å²) in [7, 11) is 3.12. The highest BCUT2D eigenvalue weighted by molar-refractivity contribution is 5.88. The Balaban J connectivity index is 2.18. The molecule has 0 bridgehead atoms. The maximum atomic E-state index is 11.9. The number of nitrogens with zero attached hydrogens (tertiary/aromatic N) is 1. The normalized spacial score (nSPS) is 18.2. The van der Waals surface area contributed by atoms with Crippen molar-refractivity contribution in [3.8, 4) is 11.5 Å². The first kappa shape index (κ1) is 14.2. The summed E-state index contributed by atoms with van der Waals surface area (Å²) in [5, 5.41) is 0. The maximum absolute atomic E-state index is 11.9. The molecule has 0 aromatic heterocycles. The zero-order valence-corrected chi connectivity index (χ0v) is 11.6. The second-order valence-electron chi connectivity index (χ2n) is 4.73. The number of rotatable bonds is 5. The van der Waals surface area contributed by atoms with Crippen LogP contribution in [0.15, 0.2) is 18.2 Å². The first-order valence-corrected chi connectivity index (χ1v) is 6.33. The summed E-state index contributed by atoms with van der Waals surface area (Å²) in [5.41, 5.74) is 6.09. The fourth-order valence-corrected chi connectivity index (χ4v) is 2.40. The molecule has 1 aromatic rings. The van der Waals surface area contributed by atoms with Crippen molar-refractivity contribution in [1.82, 2.24) is 4.90 Å². The predicted octanol–water partition coefficient (Wildman–Crippen LogP) is 0.538. The van der Waals surface area contributed by atoms with Gasteiger partial charge in [-0.3, -0.25) is 9.59 Å². The quantitative estimate of drug-likeness (QED) is 0.852. The monoisotopic (exact) mass is 278 g/mol. The van der Waals surface area contributed by atoms with E-state index in [9.17, 15) is 9.59 Å². The third kappa shape index (κ3) is 2.68. The fourth-order valence-electron chi connectivity index (χ4n) is 2.40. The fraction of sp³-hybridized carbons (Fsp3) is 0.429. The van der Waals surface area contributed by atoms with Crippen molar-refractivity contribution in [2.45, 2.75) is 13.0 Å². The number of amides is 2. The maximum Gasteiger partial charge on any atom is 0.223 e. The topological polar surface area (TPSA) is 81.9 Å². The highest BCUT2D eigenvalue weighted by Crippen LogP contribution is 2.32. The molecule has 1 heterocycles. The highest BCUT2D eigenvalue weighted by Gasteiger charge is 2.33. The van der Waals surface area contributed by atoms with Crippen molar-refractivity contribution in [3.63, 3.8) is 0 Å². The average Bonchev–Trinajstić information content (AvgIpc) is 2.80. The van der Waals surface area contributed by atoms with E-state index in [1.54, 1.807) is 25.2 Å². The second-order valence-corrected chi connectivity index (χ2v) is 4.73. The van der Waals surface area contributed by atoms with Crippen LogP contribution >= 0.6 is 0 Å². The SMILES string of the molecule is COc1cccc(CN2CC(C(N)=O)CC2=O)c1OC. The summed E-state index contributed by atoms with van der Waals surface area (Å²) in [6.07, 6.45) is 0.182. The van der Waals surface area contributed by atoms with E-state index in [1.165, 1.54) is 0 Å². The summed E-state index contributed by atoms with van der Waals surface area (Å²) in [4.78, 5) is 24.7. The molecule has 1 aliphatic rings. The van der Waals surface area contributed by atoms with Gasteiger partial charge in [0.2, 0.25) is 11.8 Å². The molecule has 2 rings (SSSR count). The molecule has 0 aliphatic carbocycles.